The van der Waals surface area contributed by atoms with Gasteiger partial charge in [-0.15, -0.1) is 0 Å². The summed E-state index contributed by atoms with van der Waals surface area (Å²) in [6.45, 7) is 0. The molecule has 0 fully saturated rings. The quantitative estimate of drug-likeness (QED) is 0.759. The molecule has 2 rings (SSSR count). The van der Waals surface area contributed by atoms with Crippen LogP contribution in [0, 0.1) is 0 Å². The molecule has 0 aliphatic rings. The Kier molecular flexibility index (Phi) is 5.61. The lowest BCUT2D eigenvalue weighted by atomic mass is 10.2. The Morgan fingerprint density at radius 1 is 0.706 bits per heavy atom. The van der Waals surface area contributed by atoms with Gasteiger partial charge in [-0.3, -0.25) is 0 Å². The maximum atomic E-state index is 7.00. The van der Waals surface area contributed by atoms with Crippen LogP contribution in [-0.4, -0.2) is 19.3 Å². The average molecular weight is 230 g/mol. The molecular weight excluding hydrogens is 212 g/mol. The van der Waals surface area contributed by atoms with E-state index < -0.39 is 0 Å². The zero-order valence-corrected chi connectivity index (χ0v) is 10.1. The summed E-state index contributed by atoms with van der Waals surface area (Å²) in [5.74, 6) is 0. The van der Waals surface area contributed by atoms with Crippen molar-refractivity contribution in [2.75, 3.05) is 24.8 Å². The van der Waals surface area contributed by atoms with Gasteiger partial charge in [-0.2, -0.15) is 0 Å². The number of hydrogen-bond donors (Lipinski definition) is 3. The van der Waals surface area contributed by atoms with Crippen LogP contribution in [-0.2, 0) is 0 Å². The third kappa shape index (κ3) is 4.17. The van der Waals surface area contributed by atoms with Gasteiger partial charge in [0.2, 0.25) is 0 Å². The number of para-hydroxylation sites is 1. The highest BCUT2D eigenvalue weighted by Gasteiger charge is 1.93. The third-order valence-electron chi connectivity index (χ3n) is 2.24. The average Bonchev–Trinajstić information content (AvgIpc) is 2.43. The van der Waals surface area contributed by atoms with Crippen LogP contribution >= 0.6 is 0 Å². The van der Waals surface area contributed by atoms with Crippen molar-refractivity contribution in [2.45, 2.75) is 0 Å². The summed E-state index contributed by atoms with van der Waals surface area (Å²) in [4.78, 5) is 0. The van der Waals surface area contributed by atoms with Crippen molar-refractivity contribution in [2.24, 2.45) is 0 Å². The van der Waals surface area contributed by atoms with E-state index in [-0.39, 0.29) is 0 Å². The van der Waals surface area contributed by atoms with E-state index in [0.717, 1.165) is 24.2 Å². The van der Waals surface area contributed by atoms with Crippen molar-refractivity contribution in [3.05, 3.63) is 54.6 Å². The molecule has 2 aromatic carbocycles. The Labute approximate surface area is 102 Å². The van der Waals surface area contributed by atoms with Crippen LogP contribution < -0.4 is 10.6 Å². The van der Waals surface area contributed by atoms with Gasteiger partial charge in [0.25, 0.3) is 0 Å². The predicted octanol–water partition coefficient (Wildman–Crippen LogP) is 3.08. The van der Waals surface area contributed by atoms with Gasteiger partial charge in [0.15, 0.2) is 0 Å². The fraction of sp³-hybridized carbons (Fsp3) is 0.143. The zero-order chi connectivity index (χ0) is 12.5. The summed E-state index contributed by atoms with van der Waals surface area (Å²) >= 11 is 0. The number of rotatable bonds is 3. The molecule has 0 aliphatic heterocycles. The lowest BCUT2D eigenvalue weighted by Crippen LogP contribution is -1.91. The van der Waals surface area contributed by atoms with E-state index in [1.807, 2.05) is 49.5 Å². The Hall–Kier alpha value is -2.00. The minimum Gasteiger partial charge on any atom is -0.400 e. The van der Waals surface area contributed by atoms with Crippen LogP contribution in [0.3, 0.4) is 0 Å². The maximum Gasteiger partial charge on any atom is 0.0385 e. The zero-order valence-electron chi connectivity index (χ0n) is 10.1. The molecule has 3 nitrogen and oxygen atoms in total. The van der Waals surface area contributed by atoms with Crippen LogP contribution in [0.25, 0.3) is 0 Å². The molecule has 3 heteroatoms. The molecule has 0 saturated carbocycles. The molecule has 0 heterocycles. The van der Waals surface area contributed by atoms with Gasteiger partial charge in [-0.25, -0.2) is 0 Å². The highest BCUT2D eigenvalue weighted by atomic mass is 16.2. The number of nitrogens with one attached hydrogen (secondary N) is 2. The second kappa shape index (κ2) is 7.30. The molecular formula is C14H18N2O. The molecule has 0 bridgehead atoms. The topological polar surface area (TPSA) is 44.3 Å². The normalized spacial score (nSPS) is 8.88. The fourth-order valence-corrected chi connectivity index (χ4v) is 1.41. The first-order chi connectivity index (χ1) is 8.38. The summed E-state index contributed by atoms with van der Waals surface area (Å²) in [7, 11) is 2.92. The van der Waals surface area contributed by atoms with Crippen LogP contribution in [0.2, 0.25) is 0 Å². The number of aliphatic hydroxyl groups excluding tert-OH is 1. The first kappa shape index (κ1) is 13.1. The minimum absolute atomic E-state index is 1.00. The van der Waals surface area contributed by atoms with E-state index in [0.29, 0.717) is 0 Å². The number of anilines is 3. The summed E-state index contributed by atoms with van der Waals surface area (Å²) in [6.07, 6.45) is 0. The fourth-order valence-electron chi connectivity index (χ4n) is 1.41. The van der Waals surface area contributed by atoms with Crippen molar-refractivity contribution < 1.29 is 5.11 Å². The number of benzene rings is 2. The van der Waals surface area contributed by atoms with Crippen molar-refractivity contribution in [3.63, 3.8) is 0 Å². The largest absolute Gasteiger partial charge is 0.400 e. The van der Waals surface area contributed by atoms with Crippen LogP contribution in [0.15, 0.2) is 54.6 Å². The van der Waals surface area contributed by atoms with Crippen molar-refractivity contribution in [1.29, 1.82) is 0 Å². The lowest BCUT2D eigenvalue weighted by molar-refractivity contribution is 0.399. The molecule has 90 valence electrons. The molecule has 17 heavy (non-hydrogen) atoms. The van der Waals surface area contributed by atoms with E-state index in [4.69, 9.17) is 5.11 Å². The van der Waals surface area contributed by atoms with Gasteiger partial charge >= 0.3 is 0 Å². The SMILES string of the molecule is CNc1ccc(Nc2ccccc2)cc1.CO. The molecule has 0 unspecified atom stereocenters. The maximum absolute atomic E-state index is 7.00. The molecule has 0 atom stereocenters. The first-order valence-corrected chi connectivity index (χ1v) is 5.43. The molecule has 0 radical (unpaired) electrons. The number of hydrogen-bond acceptors (Lipinski definition) is 3. The van der Waals surface area contributed by atoms with E-state index in [1.165, 1.54) is 0 Å². The standard InChI is InChI=1S/C13H14N2.CH4O/c1-14-11-7-9-13(10-8-11)15-12-5-3-2-4-6-12;1-2/h2-10,14-15H,1H3;2H,1H3. The van der Waals surface area contributed by atoms with Gasteiger partial charge < -0.3 is 15.7 Å². The van der Waals surface area contributed by atoms with Gasteiger partial charge in [-0.05, 0) is 36.4 Å². The smallest absolute Gasteiger partial charge is 0.0385 e. The molecule has 0 spiro atoms. The van der Waals surface area contributed by atoms with Crippen molar-refractivity contribution in [3.8, 4) is 0 Å². The summed E-state index contributed by atoms with van der Waals surface area (Å²) in [5, 5.41) is 13.4. The molecule has 2 aromatic rings. The second-order valence-electron chi connectivity index (χ2n) is 3.32. The Morgan fingerprint density at radius 2 is 1.18 bits per heavy atom. The van der Waals surface area contributed by atoms with Crippen LogP contribution in [0.4, 0.5) is 17.1 Å². The minimum atomic E-state index is 1.00. The second-order valence-corrected chi connectivity index (χ2v) is 3.32. The highest BCUT2D eigenvalue weighted by Crippen LogP contribution is 2.17. The van der Waals surface area contributed by atoms with E-state index >= 15 is 0 Å². The summed E-state index contributed by atoms with van der Waals surface area (Å²) in [5.41, 5.74) is 3.32. The Balaban J connectivity index is 0.000000686. The van der Waals surface area contributed by atoms with Crippen LogP contribution in [0.1, 0.15) is 0 Å². The van der Waals surface area contributed by atoms with E-state index in [2.05, 4.69) is 22.8 Å². The number of aliphatic hydroxyl groups is 1. The third-order valence-corrected chi connectivity index (χ3v) is 2.24. The molecule has 0 aliphatic carbocycles. The Morgan fingerprint density at radius 3 is 1.71 bits per heavy atom. The van der Waals surface area contributed by atoms with E-state index in [9.17, 15) is 0 Å². The molecule has 3 N–H and O–H groups in total. The van der Waals surface area contributed by atoms with Gasteiger partial charge in [0, 0.05) is 31.2 Å². The summed E-state index contributed by atoms with van der Waals surface area (Å²) in [6, 6.07) is 18.3. The highest BCUT2D eigenvalue weighted by molar-refractivity contribution is 5.62. The van der Waals surface area contributed by atoms with Gasteiger partial charge in [-0.1, -0.05) is 18.2 Å². The van der Waals surface area contributed by atoms with E-state index in [1.54, 1.807) is 0 Å². The monoisotopic (exact) mass is 230 g/mol. The van der Waals surface area contributed by atoms with Crippen molar-refractivity contribution in [1.82, 2.24) is 0 Å². The van der Waals surface area contributed by atoms with Gasteiger partial charge in [0.05, 0.1) is 0 Å². The Bertz CT molecular complexity index is 412. The van der Waals surface area contributed by atoms with Gasteiger partial charge in [0.1, 0.15) is 0 Å². The van der Waals surface area contributed by atoms with Crippen LogP contribution in [0.5, 0.6) is 0 Å². The predicted molar refractivity (Wildman–Crippen MR) is 73.9 cm³/mol. The molecule has 0 aromatic heterocycles. The van der Waals surface area contributed by atoms with Crippen molar-refractivity contribution >= 4 is 17.1 Å². The summed E-state index contributed by atoms with van der Waals surface area (Å²) < 4.78 is 0. The molecule has 0 amide bonds. The lowest BCUT2D eigenvalue weighted by Gasteiger charge is -2.06. The first-order valence-electron chi connectivity index (χ1n) is 5.43. The molecule has 0 saturated heterocycles.